The minimum absolute atomic E-state index is 0.271. The van der Waals surface area contributed by atoms with Gasteiger partial charge in [-0.25, -0.2) is 0 Å². The first-order valence-corrected chi connectivity index (χ1v) is 5.94. The molecule has 1 fully saturated rings. The van der Waals surface area contributed by atoms with Crippen molar-refractivity contribution >= 4 is 0 Å². The van der Waals surface area contributed by atoms with Crippen molar-refractivity contribution in [2.24, 2.45) is 0 Å². The molecule has 2 aromatic rings. The molecule has 88 valence electrons. The Morgan fingerprint density at radius 2 is 2.24 bits per heavy atom. The normalized spacial score (nSPS) is 19.7. The van der Waals surface area contributed by atoms with Gasteiger partial charge in [0, 0.05) is 0 Å². The fraction of sp³-hybridized carbons (Fsp3) is 0.417. The summed E-state index contributed by atoms with van der Waals surface area (Å²) < 4.78 is 0. The van der Waals surface area contributed by atoms with Crippen LogP contribution in [-0.4, -0.2) is 26.8 Å². The van der Waals surface area contributed by atoms with Gasteiger partial charge >= 0.3 is 0 Å². The number of rotatable bonds is 2. The van der Waals surface area contributed by atoms with Crippen LogP contribution in [0.1, 0.15) is 30.3 Å². The molecule has 17 heavy (non-hydrogen) atoms. The Hall–Kier alpha value is -1.75. The SMILES string of the molecule is Cc1ccccc1-n1nnc(C2CCCN2)n1. The molecule has 0 aliphatic carbocycles. The third-order valence-corrected chi connectivity index (χ3v) is 3.13. The monoisotopic (exact) mass is 229 g/mol. The van der Waals surface area contributed by atoms with E-state index in [4.69, 9.17) is 0 Å². The number of aryl methyl sites for hydroxylation is 1. The molecule has 0 bridgehead atoms. The molecule has 3 rings (SSSR count). The van der Waals surface area contributed by atoms with E-state index in [1.54, 1.807) is 4.80 Å². The number of hydrogen-bond acceptors (Lipinski definition) is 4. The first-order chi connectivity index (χ1) is 8.34. The highest BCUT2D eigenvalue weighted by molar-refractivity contribution is 5.37. The van der Waals surface area contributed by atoms with Gasteiger partial charge in [0.1, 0.15) is 0 Å². The summed E-state index contributed by atoms with van der Waals surface area (Å²) in [5.41, 5.74) is 2.14. The lowest BCUT2D eigenvalue weighted by Gasteiger charge is -2.03. The smallest absolute Gasteiger partial charge is 0.192 e. The Kier molecular flexibility index (Phi) is 2.60. The maximum absolute atomic E-state index is 4.46. The van der Waals surface area contributed by atoms with Crippen molar-refractivity contribution in [2.75, 3.05) is 6.54 Å². The van der Waals surface area contributed by atoms with Crippen molar-refractivity contribution in [3.05, 3.63) is 35.7 Å². The molecule has 0 radical (unpaired) electrons. The van der Waals surface area contributed by atoms with Crippen molar-refractivity contribution < 1.29 is 0 Å². The van der Waals surface area contributed by atoms with Crippen LogP contribution in [0.25, 0.3) is 5.69 Å². The summed E-state index contributed by atoms with van der Waals surface area (Å²) in [6.45, 7) is 3.09. The molecule has 1 unspecified atom stereocenters. The maximum Gasteiger partial charge on any atom is 0.192 e. The molecule has 1 N–H and O–H groups in total. The number of aromatic nitrogens is 4. The largest absolute Gasteiger partial charge is 0.307 e. The molecule has 1 aromatic carbocycles. The van der Waals surface area contributed by atoms with E-state index in [1.807, 2.05) is 31.2 Å². The summed E-state index contributed by atoms with van der Waals surface area (Å²) in [4.78, 5) is 1.62. The second kappa shape index (κ2) is 4.25. The molecule has 0 amide bonds. The second-order valence-corrected chi connectivity index (χ2v) is 4.37. The van der Waals surface area contributed by atoms with Crippen LogP contribution in [0.3, 0.4) is 0 Å². The summed E-state index contributed by atoms with van der Waals surface area (Å²) in [6, 6.07) is 8.32. The topological polar surface area (TPSA) is 55.6 Å². The van der Waals surface area contributed by atoms with Crippen LogP contribution in [0.4, 0.5) is 0 Å². The van der Waals surface area contributed by atoms with Crippen LogP contribution in [-0.2, 0) is 0 Å². The molecule has 5 nitrogen and oxygen atoms in total. The van der Waals surface area contributed by atoms with E-state index in [9.17, 15) is 0 Å². The van der Waals surface area contributed by atoms with E-state index >= 15 is 0 Å². The lowest BCUT2D eigenvalue weighted by molar-refractivity contribution is 0.602. The van der Waals surface area contributed by atoms with Crippen LogP contribution in [0, 0.1) is 6.92 Å². The third-order valence-electron chi connectivity index (χ3n) is 3.13. The maximum atomic E-state index is 4.46. The Labute approximate surface area is 99.8 Å². The summed E-state index contributed by atoms with van der Waals surface area (Å²) >= 11 is 0. The molecule has 1 aliphatic rings. The van der Waals surface area contributed by atoms with E-state index in [0.717, 1.165) is 30.0 Å². The fourth-order valence-electron chi connectivity index (χ4n) is 2.16. The third kappa shape index (κ3) is 1.93. The van der Waals surface area contributed by atoms with E-state index < -0.39 is 0 Å². The van der Waals surface area contributed by atoms with E-state index in [0.29, 0.717) is 0 Å². The molecule has 1 aliphatic heterocycles. The summed E-state index contributed by atoms with van der Waals surface area (Å²) in [5, 5.41) is 16.1. The minimum atomic E-state index is 0.271. The zero-order valence-electron chi connectivity index (χ0n) is 9.80. The van der Waals surface area contributed by atoms with Crippen molar-refractivity contribution in [1.82, 2.24) is 25.5 Å². The van der Waals surface area contributed by atoms with Gasteiger partial charge in [0.25, 0.3) is 0 Å². The molecular formula is C12H15N5. The van der Waals surface area contributed by atoms with Gasteiger partial charge in [-0.3, -0.25) is 0 Å². The second-order valence-electron chi connectivity index (χ2n) is 4.37. The van der Waals surface area contributed by atoms with Crippen LogP contribution in [0.15, 0.2) is 24.3 Å². The van der Waals surface area contributed by atoms with Gasteiger partial charge in [0.05, 0.1) is 11.7 Å². The van der Waals surface area contributed by atoms with Crippen LogP contribution >= 0.6 is 0 Å². The molecule has 0 spiro atoms. The van der Waals surface area contributed by atoms with Gasteiger partial charge in [-0.2, -0.15) is 0 Å². The molecule has 5 heteroatoms. The van der Waals surface area contributed by atoms with E-state index in [1.165, 1.54) is 6.42 Å². The first-order valence-electron chi connectivity index (χ1n) is 5.94. The lowest BCUT2D eigenvalue weighted by atomic mass is 10.2. The lowest BCUT2D eigenvalue weighted by Crippen LogP contribution is -2.14. The average Bonchev–Trinajstić information content (AvgIpc) is 3.00. The highest BCUT2D eigenvalue weighted by atomic mass is 15.6. The summed E-state index contributed by atoms with van der Waals surface area (Å²) in [6.07, 6.45) is 2.28. The van der Waals surface area contributed by atoms with Gasteiger partial charge in [0.2, 0.25) is 0 Å². The van der Waals surface area contributed by atoms with Crippen LogP contribution in [0.2, 0.25) is 0 Å². The zero-order chi connectivity index (χ0) is 11.7. The van der Waals surface area contributed by atoms with Crippen molar-refractivity contribution in [2.45, 2.75) is 25.8 Å². The zero-order valence-corrected chi connectivity index (χ0v) is 9.80. The standard InChI is InChI=1S/C12H15N5/c1-9-5-2-3-7-11(9)17-15-12(14-16-17)10-6-4-8-13-10/h2-3,5,7,10,13H,4,6,8H2,1H3. The molecule has 2 heterocycles. The van der Waals surface area contributed by atoms with Crippen molar-refractivity contribution in [3.8, 4) is 5.69 Å². The van der Waals surface area contributed by atoms with Crippen LogP contribution in [0.5, 0.6) is 0 Å². The van der Waals surface area contributed by atoms with Gasteiger partial charge in [-0.15, -0.1) is 15.0 Å². The Balaban J connectivity index is 1.92. The van der Waals surface area contributed by atoms with E-state index in [-0.39, 0.29) is 6.04 Å². The quantitative estimate of drug-likeness (QED) is 0.845. The van der Waals surface area contributed by atoms with Crippen molar-refractivity contribution in [3.63, 3.8) is 0 Å². The number of tetrazole rings is 1. The van der Waals surface area contributed by atoms with Gasteiger partial charge in [-0.1, -0.05) is 18.2 Å². The predicted molar refractivity (Wildman–Crippen MR) is 63.9 cm³/mol. The number of nitrogens with zero attached hydrogens (tertiary/aromatic N) is 4. The minimum Gasteiger partial charge on any atom is -0.307 e. The highest BCUT2D eigenvalue weighted by Crippen LogP contribution is 2.19. The van der Waals surface area contributed by atoms with Crippen LogP contribution < -0.4 is 5.32 Å². The number of hydrogen-bond donors (Lipinski definition) is 1. The molecule has 1 aromatic heterocycles. The molecule has 1 atom stereocenters. The number of benzene rings is 1. The van der Waals surface area contributed by atoms with Gasteiger partial charge in [0.15, 0.2) is 5.82 Å². The molecule has 0 saturated carbocycles. The van der Waals surface area contributed by atoms with Crippen molar-refractivity contribution in [1.29, 1.82) is 0 Å². The average molecular weight is 229 g/mol. The van der Waals surface area contributed by atoms with Gasteiger partial charge in [-0.05, 0) is 43.2 Å². The Morgan fingerprint density at radius 3 is 3.00 bits per heavy atom. The molecule has 1 saturated heterocycles. The van der Waals surface area contributed by atoms with E-state index in [2.05, 4.69) is 20.7 Å². The summed E-state index contributed by atoms with van der Waals surface area (Å²) in [7, 11) is 0. The Morgan fingerprint density at radius 1 is 1.35 bits per heavy atom. The van der Waals surface area contributed by atoms with Gasteiger partial charge < -0.3 is 5.32 Å². The number of para-hydroxylation sites is 1. The highest BCUT2D eigenvalue weighted by Gasteiger charge is 2.21. The number of nitrogens with one attached hydrogen (secondary N) is 1. The predicted octanol–water partition coefficient (Wildman–Crippen LogP) is 1.40. The Bertz CT molecular complexity index is 513. The molecular weight excluding hydrogens is 214 g/mol. The summed E-state index contributed by atoms with van der Waals surface area (Å²) in [5.74, 6) is 0.797. The first kappa shape index (κ1) is 10.4. The fourth-order valence-corrected chi connectivity index (χ4v) is 2.16.